The molecule has 0 spiro atoms. The first-order valence-corrected chi connectivity index (χ1v) is 6.25. The van der Waals surface area contributed by atoms with Crippen molar-refractivity contribution in [1.82, 2.24) is 4.98 Å². The number of benzene rings is 1. The number of nitrogen functional groups attached to an aromatic ring is 1. The van der Waals surface area contributed by atoms with Crippen molar-refractivity contribution in [3.8, 4) is 0 Å². The zero-order valence-electron chi connectivity index (χ0n) is 10.4. The first-order valence-electron chi connectivity index (χ1n) is 5.37. The number of ether oxygens (including phenoxy) is 1. The Hall–Kier alpha value is -2.15. The van der Waals surface area contributed by atoms with E-state index in [9.17, 15) is 9.18 Å². The van der Waals surface area contributed by atoms with E-state index >= 15 is 0 Å². The van der Waals surface area contributed by atoms with Gasteiger partial charge in [0.2, 0.25) is 0 Å². The van der Waals surface area contributed by atoms with Crippen LogP contribution < -0.4 is 11.1 Å². The number of rotatable bonds is 3. The van der Waals surface area contributed by atoms with Crippen LogP contribution in [-0.4, -0.2) is 18.1 Å². The third-order valence-electron chi connectivity index (χ3n) is 2.41. The summed E-state index contributed by atoms with van der Waals surface area (Å²) >= 11 is 1.34. The van der Waals surface area contributed by atoms with Gasteiger partial charge in [-0.05, 0) is 19.1 Å². The first kappa shape index (κ1) is 13.3. The molecule has 0 aliphatic carbocycles. The number of halogens is 1. The normalized spacial score (nSPS) is 10.3. The second kappa shape index (κ2) is 5.23. The standard InChI is InChI=1S/C12H12FN3O2S/c1-6-5-19-12(15-6)16-10-3-7(11(17)18-2)9(14)4-8(10)13/h3-5H,14H2,1-2H3,(H,15,16). The number of nitrogens with two attached hydrogens (primary N) is 1. The molecule has 1 aromatic heterocycles. The Morgan fingerprint density at radius 2 is 2.26 bits per heavy atom. The fourth-order valence-electron chi connectivity index (χ4n) is 1.50. The number of esters is 1. The summed E-state index contributed by atoms with van der Waals surface area (Å²) in [6.45, 7) is 1.83. The highest BCUT2D eigenvalue weighted by Gasteiger charge is 2.15. The van der Waals surface area contributed by atoms with E-state index < -0.39 is 11.8 Å². The Balaban J connectivity index is 2.37. The molecular formula is C12H12FN3O2S. The van der Waals surface area contributed by atoms with Crippen LogP contribution in [0.1, 0.15) is 16.1 Å². The van der Waals surface area contributed by atoms with E-state index in [0.29, 0.717) is 5.13 Å². The third kappa shape index (κ3) is 2.82. The van der Waals surface area contributed by atoms with Crippen LogP contribution in [0.25, 0.3) is 0 Å². The minimum absolute atomic E-state index is 0.0326. The van der Waals surface area contributed by atoms with Gasteiger partial charge in [0.15, 0.2) is 5.13 Å². The molecule has 2 aromatic rings. The predicted molar refractivity (Wildman–Crippen MR) is 72.3 cm³/mol. The van der Waals surface area contributed by atoms with Crippen LogP contribution in [0.2, 0.25) is 0 Å². The summed E-state index contributed by atoms with van der Waals surface area (Å²) in [5, 5.41) is 5.18. The summed E-state index contributed by atoms with van der Waals surface area (Å²) in [4.78, 5) is 15.6. The molecule has 7 heteroatoms. The van der Waals surface area contributed by atoms with Crippen LogP contribution in [0.5, 0.6) is 0 Å². The summed E-state index contributed by atoms with van der Waals surface area (Å²) in [6.07, 6.45) is 0. The van der Waals surface area contributed by atoms with Crippen LogP contribution in [0.3, 0.4) is 0 Å². The highest BCUT2D eigenvalue weighted by atomic mass is 32.1. The molecule has 0 atom stereocenters. The second-order valence-corrected chi connectivity index (χ2v) is 4.69. The molecule has 0 saturated heterocycles. The second-order valence-electron chi connectivity index (χ2n) is 3.83. The van der Waals surface area contributed by atoms with Crippen molar-refractivity contribution in [1.29, 1.82) is 0 Å². The topological polar surface area (TPSA) is 77.2 Å². The maximum Gasteiger partial charge on any atom is 0.340 e. The van der Waals surface area contributed by atoms with Crippen molar-refractivity contribution >= 4 is 33.8 Å². The Bertz CT molecular complexity index is 627. The number of nitrogens with one attached hydrogen (secondary N) is 1. The predicted octanol–water partition coefficient (Wildman–Crippen LogP) is 2.70. The quantitative estimate of drug-likeness (QED) is 0.668. The number of carbonyl (C=O) groups is 1. The molecule has 2 rings (SSSR count). The van der Waals surface area contributed by atoms with Crippen LogP contribution in [0.15, 0.2) is 17.5 Å². The molecule has 0 radical (unpaired) electrons. The third-order valence-corrected chi connectivity index (χ3v) is 3.28. The molecule has 1 heterocycles. The Morgan fingerprint density at radius 1 is 1.53 bits per heavy atom. The molecule has 0 unspecified atom stereocenters. The average Bonchev–Trinajstić information content (AvgIpc) is 2.77. The molecule has 0 aliphatic heterocycles. The van der Waals surface area contributed by atoms with Gasteiger partial charge < -0.3 is 15.8 Å². The van der Waals surface area contributed by atoms with Crippen LogP contribution in [0, 0.1) is 12.7 Å². The zero-order valence-corrected chi connectivity index (χ0v) is 11.2. The van der Waals surface area contributed by atoms with Crippen molar-refractivity contribution in [2.45, 2.75) is 6.92 Å². The number of hydrogen-bond donors (Lipinski definition) is 2. The van der Waals surface area contributed by atoms with Crippen LogP contribution in [0.4, 0.5) is 20.9 Å². The van der Waals surface area contributed by atoms with E-state index in [1.165, 1.54) is 24.5 Å². The van der Waals surface area contributed by atoms with Gasteiger partial charge >= 0.3 is 5.97 Å². The lowest BCUT2D eigenvalue weighted by atomic mass is 10.1. The molecule has 0 bridgehead atoms. The van der Waals surface area contributed by atoms with E-state index in [4.69, 9.17) is 5.73 Å². The van der Waals surface area contributed by atoms with Crippen LogP contribution in [-0.2, 0) is 4.74 Å². The molecule has 1 aromatic carbocycles. The molecule has 3 N–H and O–H groups in total. The Morgan fingerprint density at radius 3 is 2.84 bits per heavy atom. The SMILES string of the molecule is COC(=O)c1cc(Nc2nc(C)cs2)c(F)cc1N. The summed E-state index contributed by atoms with van der Waals surface area (Å²) in [7, 11) is 1.24. The molecular weight excluding hydrogens is 269 g/mol. The lowest BCUT2D eigenvalue weighted by Crippen LogP contribution is -2.07. The van der Waals surface area contributed by atoms with E-state index in [2.05, 4.69) is 15.0 Å². The molecule has 0 aliphatic rings. The number of thiazole rings is 1. The summed E-state index contributed by atoms with van der Waals surface area (Å²) in [5.74, 6) is -1.17. The highest BCUT2D eigenvalue weighted by molar-refractivity contribution is 7.13. The molecule has 5 nitrogen and oxygen atoms in total. The van der Waals surface area contributed by atoms with Gasteiger partial charge in [-0.1, -0.05) is 0 Å². The number of carbonyl (C=O) groups excluding carboxylic acids is 1. The van der Waals surface area contributed by atoms with Crippen LogP contribution >= 0.6 is 11.3 Å². The molecule has 0 amide bonds. The van der Waals surface area contributed by atoms with Gasteiger partial charge in [0.1, 0.15) is 5.82 Å². The molecule has 19 heavy (non-hydrogen) atoms. The number of aromatic nitrogens is 1. The summed E-state index contributed by atoms with van der Waals surface area (Å²) in [6, 6.07) is 2.39. The minimum atomic E-state index is -0.615. The lowest BCUT2D eigenvalue weighted by Gasteiger charge is -2.09. The van der Waals surface area contributed by atoms with Gasteiger partial charge in [0.05, 0.1) is 24.1 Å². The minimum Gasteiger partial charge on any atom is -0.465 e. The maximum absolute atomic E-state index is 13.8. The Kier molecular flexibility index (Phi) is 3.66. The summed E-state index contributed by atoms with van der Waals surface area (Å²) < 4.78 is 18.4. The Labute approximate surface area is 113 Å². The maximum atomic E-state index is 13.8. The van der Waals surface area contributed by atoms with Gasteiger partial charge in [-0.2, -0.15) is 0 Å². The number of anilines is 3. The van der Waals surface area contributed by atoms with E-state index in [1.807, 2.05) is 12.3 Å². The average molecular weight is 281 g/mol. The summed E-state index contributed by atoms with van der Waals surface area (Å²) in [5.41, 5.74) is 6.68. The van der Waals surface area contributed by atoms with Crippen molar-refractivity contribution in [3.63, 3.8) is 0 Å². The molecule has 100 valence electrons. The van der Waals surface area contributed by atoms with Crippen molar-refractivity contribution in [3.05, 3.63) is 34.6 Å². The number of methoxy groups -OCH3 is 1. The largest absolute Gasteiger partial charge is 0.465 e. The molecule has 0 fully saturated rings. The fraction of sp³-hybridized carbons (Fsp3) is 0.167. The van der Waals surface area contributed by atoms with Gasteiger partial charge in [0.25, 0.3) is 0 Å². The van der Waals surface area contributed by atoms with Crippen molar-refractivity contribution in [2.75, 3.05) is 18.2 Å². The number of nitrogens with zero attached hydrogens (tertiary/aromatic N) is 1. The smallest absolute Gasteiger partial charge is 0.340 e. The van der Waals surface area contributed by atoms with Crippen molar-refractivity contribution in [2.24, 2.45) is 0 Å². The van der Waals surface area contributed by atoms with Gasteiger partial charge in [-0.15, -0.1) is 11.3 Å². The van der Waals surface area contributed by atoms with E-state index in [1.54, 1.807) is 0 Å². The van der Waals surface area contributed by atoms with E-state index in [-0.39, 0.29) is 16.9 Å². The van der Waals surface area contributed by atoms with Gasteiger partial charge in [0, 0.05) is 11.1 Å². The monoisotopic (exact) mass is 281 g/mol. The fourth-order valence-corrected chi connectivity index (χ4v) is 2.20. The molecule has 0 saturated carbocycles. The van der Waals surface area contributed by atoms with Gasteiger partial charge in [-0.25, -0.2) is 14.2 Å². The first-order chi connectivity index (χ1) is 9.01. The number of hydrogen-bond acceptors (Lipinski definition) is 6. The van der Waals surface area contributed by atoms with E-state index in [0.717, 1.165) is 11.8 Å². The van der Waals surface area contributed by atoms with Gasteiger partial charge in [-0.3, -0.25) is 0 Å². The lowest BCUT2D eigenvalue weighted by molar-refractivity contribution is 0.0602. The number of aryl methyl sites for hydroxylation is 1. The van der Waals surface area contributed by atoms with Crippen molar-refractivity contribution < 1.29 is 13.9 Å². The zero-order chi connectivity index (χ0) is 14.0. The highest BCUT2D eigenvalue weighted by Crippen LogP contribution is 2.27.